The number of carbonyl (C=O) groups is 1. The lowest BCUT2D eigenvalue weighted by atomic mass is 10.0. The largest absolute Gasteiger partial charge is 0.325 e. The van der Waals surface area contributed by atoms with Crippen molar-refractivity contribution in [3.05, 3.63) is 23.8 Å². The second-order valence-corrected chi connectivity index (χ2v) is 6.12. The number of sulfonamides is 1. The molecule has 0 saturated carbocycles. The van der Waals surface area contributed by atoms with Crippen molar-refractivity contribution in [3.8, 4) is 0 Å². The van der Waals surface area contributed by atoms with E-state index in [0.29, 0.717) is 12.2 Å². The number of anilines is 1. The molecule has 5 nitrogen and oxygen atoms in total. The highest BCUT2D eigenvalue weighted by Crippen LogP contribution is 2.33. The van der Waals surface area contributed by atoms with Gasteiger partial charge in [0.25, 0.3) is 0 Å². The predicted octanol–water partition coefficient (Wildman–Crippen LogP) is 1.43. The topological polar surface area (TPSA) is 75.3 Å². The molecule has 1 aromatic rings. The van der Waals surface area contributed by atoms with E-state index in [1.165, 1.54) is 6.07 Å². The van der Waals surface area contributed by atoms with Crippen LogP contribution < -0.4 is 10.0 Å². The molecule has 0 radical (unpaired) electrons. The Bertz CT molecular complexity index is 581. The van der Waals surface area contributed by atoms with Gasteiger partial charge < -0.3 is 5.32 Å². The second kappa shape index (κ2) is 4.70. The fraction of sp³-hybridized carbons (Fsp3) is 0.417. The third-order valence-electron chi connectivity index (χ3n) is 2.99. The van der Waals surface area contributed by atoms with Gasteiger partial charge in [0.05, 0.1) is 10.8 Å². The number of hydrogen-bond acceptors (Lipinski definition) is 3. The van der Waals surface area contributed by atoms with Gasteiger partial charge in [-0.05, 0) is 37.1 Å². The highest BCUT2D eigenvalue weighted by Gasteiger charge is 2.28. The van der Waals surface area contributed by atoms with Crippen LogP contribution in [0.1, 0.15) is 31.7 Å². The van der Waals surface area contributed by atoms with Crippen LogP contribution in [0.4, 0.5) is 5.69 Å². The molecule has 18 heavy (non-hydrogen) atoms. The summed E-state index contributed by atoms with van der Waals surface area (Å²) < 4.78 is 26.4. The Hall–Kier alpha value is -1.40. The molecule has 0 spiro atoms. The van der Waals surface area contributed by atoms with Crippen molar-refractivity contribution in [1.82, 2.24) is 4.72 Å². The quantitative estimate of drug-likeness (QED) is 0.867. The summed E-state index contributed by atoms with van der Waals surface area (Å²) in [6.45, 7) is 4.07. The Morgan fingerprint density at radius 3 is 2.78 bits per heavy atom. The van der Waals surface area contributed by atoms with Crippen molar-refractivity contribution >= 4 is 21.6 Å². The van der Waals surface area contributed by atoms with Crippen molar-refractivity contribution in [3.63, 3.8) is 0 Å². The van der Waals surface area contributed by atoms with E-state index in [1.54, 1.807) is 19.1 Å². The molecule has 1 aliphatic rings. The van der Waals surface area contributed by atoms with Crippen molar-refractivity contribution in [2.45, 2.75) is 31.1 Å². The minimum absolute atomic E-state index is 0.0962. The molecule has 0 aromatic heterocycles. The molecule has 2 N–H and O–H groups in total. The van der Waals surface area contributed by atoms with Crippen LogP contribution in [-0.2, 0) is 14.8 Å². The van der Waals surface area contributed by atoms with Crippen LogP contribution in [0, 0.1) is 0 Å². The summed E-state index contributed by atoms with van der Waals surface area (Å²) in [7, 11) is -3.47. The summed E-state index contributed by atoms with van der Waals surface area (Å²) in [5.41, 5.74) is 1.43. The van der Waals surface area contributed by atoms with E-state index in [1.807, 2.05) is 6.92 Å². The SMILES string of the molecule is CCCNS(=O)(=O)c1ccc2c(c1)C(C)C(=O)N2. The highest BCUT2D eigenvalue weighted by molar-refractivity contribution is 7.89. The van der Waals surface area contributed by atoms with E-state index in [0.717, 1.165) is 12.0 Å². The van der Waals surface area contributed by atoms with Crippen molar-refractivity contribution in [1.29, 1.82) is 0 Å². The normalized spacial score (nSPS) is 18.6. The fourth-order valence-corrected chi connectivity index (χ4v) is 3.05. The molecular weight excluding hydrogens is 252 g/mol. The smallest absolute Gasteiger partial charge is 0.240 e. The van der Waals surface area contributed by atoms with Gasteiger partial charge in [0.15, 0.2) is 0 Å². The van der Waals surface area contributed by atoms with Gasteiger partial charge in [0.2, 0.25) is 15.9 Å². The summed E-state index contributed by atoms with van der Waals surface area (Å²) in [5.74, 6) is -0.401. The Labute approximate surface area is 107 Å². The maximum absolute atomic E-state index is 12.0. The number of carbonyl (C=O) groups excluding carboxylic acids is 1. The lowest BCUT2D eigenvalue weighted by Gasteiger charge is -2.08. The van der Waals surface area contributed by atoms with Gasteiger partial charge in [0.1, 0.15) is 0 Å². The molecule has 1 atom stereocenters. The standard InChI is InChI=1S/C12H16N2O3S/c1-3-6-13-18(16,17)9-4-5-11-10(7-9)8(2)12(15)14-11/h4-5,7-8,13H,3,6H2,1-2H3,(H,14,15). The first kappa shape index (κ1) is 13.0. The first-order chi connectivity index (χ1) is 8.45. The van der Waals surface area contributed by atoms with Gasteiger partial charge in [-0.1, -0.05) is 6.92 Å². The van der Waals surface area contributed by atoms with E-state index in [-0.39, 0.29) is 16.7 Å². The molecule has 0 saturated heterocycles. The number of rotatable bonds is 4. The van der Waals surface area contributed by atoms with Crippen molar-refractivity contribution in [2.24, 2.45) is 0 Å². The molecule has 6 heteroatoms. The van der Waals surface area contributed by atoms with E-state index in [2.05, 4.69) is 10.0 Å². The molecule has 1 aliphatic heterocycles. The second-order valence-electron chi connectivity index (χ2n) is 4.36. The van der Waals surface area contributed by atoms with Crippen LogP contribution in [0.2, 0.25) is 0 Å². The molecule has 1 unspecified atom stereocenters. The molecule has 0 fully saturated rings. The van der Waals surface area contributed by atoms with Gasteiger partial charge in [0, 0.05) is 12.2 Å². The molecule has 1 heterocycles. The van der Waals surface area contributed by atoms with Crippen LogP contribution in [0.5, 0.6) is 0 Å². The number of nitrogens with one attached hydrogen (secondary N) is 2. The zero-order valence-corrected chi connectivity index (χ0v) is 11.2. The summed E-state index contributed by atoms with van der Waals surface area (Å²) >= 11 is 0. The molecule has 0 aliphatic carbocycles. The van der Waals surface area contributed by atoms with Crippen molar-refractivity contribution in [2.75, 3.05) is 11.9 Å². The predicted molar refractivity (Wildman–Crippen MR) is 69.0 cm³/mol. The van der Waals surface area contributed by atoms with Crippen LogP contribution >= 0.6 is 0 Å². The molecule has 2 rings (SSSR count). The molecule has 1 aromatic carbocycles. The van der Waals surface area contributed by atoms with Crippen LogP contribution in [0.15, 0.2) is 23.1 Å². The van der Waals surface area contributed by atoms with Gasteiger partial charge in [-0.2, -0.15) is 0 Å². The minimum Gasteiger partial charge on any atom is -0.325 e. The zero-order valence-electron chi connectivity index (χ0n) is 10.4. The Balaban J connectivity index is 2.36. The minimum atomic E-state index is -3.47. The van der Waals surface area contributed by atoms with E-state index in [9.17, 15) is 13.2 Å². The first-order valence-corrected chi connectivity index (χ1v) is 7.38. The van der Waals surface area contributed by atoms with Gasteiger partial charge in [-0.25, -0.2) is 13.1 Å². The zero-order chi connectivity index (χ0) is 13.3. The third kappa shape index (κ3) is 2.26. The number of amides is 1. The number of fused-ring (bicyclic) bond motifs is 1. The molecule has 98 valence electrons. The molecule has 0 bridgehead atoms. The van der Waals surface area contributed by atoms with E-state index in [4.69, 9.17) is 0 Å². The molecular formula is C12H16N2O3S. The van der Waals surface area contributed by atoms with Crippen LogP contribution in [0.3, 0.4) is 0 Å². The summed E-state index contributed by atoms with van der Waals surface area (Å²) in [5, 5.41) is 2.71. The summed E-state index contributed by atoms with van der Waals surface area (Å²) in [4.78, 5) is 11.7. The Kier molecular flexibility index (Phi) is 3.41. The monoisotopic (exact) mass is 268 g/mol. The summed E-state index contributed by atoms with van der Waals surface area (Å²) in [6, 6.07) is 4.71. The Morgan fingerprint density at radius 2 is 2.11 bits per heavy atom. The van der Waals surface area contributed by atoms with E-state index < -0.39 is 10.0 Å². The maximum atomic E-state index is 12.0. The summed E-state index contributed by atoms with van der Waals surface area (Å²) in [6.07, 6.45) is 0.737. The number of hydrogen-bond donors (Lipinski definition) is 2. The Morgan fingerprint density at radius 1 is 1.39 bits per heavy atom. The maximum Gasteiger partial charge on any atom is 0.240 e. The average Bonchev–Trinajstić information content (AvgIpc) is 2.62. The third-order valence-corrected chi connectivity index (χ3v) is 4.45. The van der Waals surface area contributed by atoms with Gasteiger partial charge in [-0.15, -0.1) is 0 Å². The van der Waals surface area contributed by atoms with Gasteiger partial charge in [-0.3, -0.25) is 4.79 Å². The number of benzene rings is 1. The molecule has 1 amide bonds. The average molecular weight is 268 g/mol. The first-order valence-electron chi connectivity index (χ1n) is 5.90. The lowest BCUT2D eigenvalue weighted by molar-refractivity contribution is -0.116. The van der Waals surface area contributed by atoms with E-state index >= 15 is 0 Å². The van der Waals surface area contributed by atoms with Gasteiger partial charge >= 0.3 is 0 Å². The lowest BCUT2D eigenvalue weighted by Crippen LogP contribution is -2.24. The fourth-order valence-electron chi connectivity index (χ4n) is 1.88. The van der Waals surface area contributed by atoms with Crippen LogP contribution in [0.25, 0.3) is 0 Å². The highest BCUT2D eigenvalue weighted by atomic mass is 32.2. The van der Waals surface area contributed by atoms with Crippen LogP contribution in [-0.4, -0.2) is 20.9 Å². The van der Waals surface area contributed by atoms with Crippen molar-refractivity contribution < 1.29 is 13.2 Å².